The maximum atomic E-state index is 15.8. The van der Waals surface area contributed by atoms with Crippen LogP contribution in [0.25, 0.3) is 38.7 Å². The van der Waals surface area contributed by atoms with Crippen LogP contribution in [-0.2, 0) is 35.1 Å². The van der Waals surface area contributed by atoms with Crippen molar-refractivity contribution < 1.29 is 38.1 Å². The quantitative estimate of drug-likeness (QED) is 0.0716. The van der Waals surface area contributed by atoms with E-state index in [-0.39, 0.29) is 56.8 Å². The highest BCUT2D eigenvalue weighted by Crippen LogP contribution is 2.30. The Bertz CT molecular complexity index is 2850. The number of aryl methyl sites for hydroxylation is 2. The number of nitrogens with zero attached hydrogens (tertiary/aromatic N) is 9. The minimum Gasteiger partial charge on any atom is -0.391 e. The number of benzene rings is 2. The fourth-order valence-electron chi connectivity index (χ4n) is 9.05. The highest BCUT2D eigenvalue weighted by atomic mass is 32.1. The zero-order chi connectivity index (χ0) is 51.6. The second-order valence-corrected chi connectivity index (χ2v) is 20.2. The fraction of sp³-hybridized carbons (Fsp3) is 0.462. The number of aliphatic hydroxyl groups is 1. The van der Waals surface area contributed by atoms with Gasteiger partial charge in [-0.2, -0.15) is 0 Å². The third-order valence-electron chi connectivity index (χ3n) is 13.0. The number of β-amino-alcohol motifs (C(OH)–C–C–N with tert-alkyl or cyclic N) is 1. The van der Waals surface area contributed by atoms with Crippen LogP contribution in [0.5, 0.6) is 0 Å². The van der Waals surface area contributed by atoms with Crippen molar-refractivity contribution in [3.8, 4) is 27.5 Å². The first kappa shape index (κ1) is 52.8. The number of imidazole rings is 1. The largest absolute Gasteiger partial charge is 0.391 e. The third-order valence-corrected chi connectivity index (χ3v) is 14.0. The zero-order valence-electron chi connectivity index (χ0n) is 42.1. The zero-order valence-corrected chi connectivity index (χ0v) is 42.9. The molecular formula is C52H65FN12O7S. The van der Waals surface area contributed by atoms with Crippen LogP contribution in [0.1, 0.15) is 50.7 Å². The Labute approximate surface area is 428 Å². The number of carbonyl (C=O) groups is 3. The van der Waals surface area contributed by atoms with Crippen molar-refractivity contribution in [2.75, 3.05) is 89.5 Å². The van der Waals surface area contributed by atoms with Crippen LogP contribution in [-0.4, -0.2) is 159 Å². The van der Waals surface area contributed by atoms with E-state index in [1.807, 2.05) is 93.2 Å². The molecule has 6 aromatic rings. The summed E-state index contributed by atoms with van der Waals surface area (Å²) in [7, 11) is 0. The summed E-state index contributed by atoms with van der Waals surface area (Å²) >= 11 is 1.57. The van der Waals surface area contributed by atoms with Gasteiger partial charge in [0.15, 0.2) is 5.65 Å². The summed E-state index contributed by atoms with van der Waals surface area (Å²) in [5, 5.41) is 16.4. The summed E-state index contributed by atoms with van der Waals surface area (Å²) in [6.45, 7) is 15.3. The summed E-state index contributed by atoms with van der Waals surface area (Å²) in [5.41, 5.74) is 13.6. The van der Waals surface area contributed by atoms with Gasteiger partial charge in [0.05, 0.1) is 84.6 Å². The topological polar surface area (TPSA) is 228 Å². The summed E-state index contributed by atoms with van der Waals surface area (Å²) in [4.78, 5) is 69.4. The molecular weight excluding hydrogens is 956 g/mol. The maximum Gasteiger partial charge on any atom is 0.246 e. The van der Waals surface area contributed by atoms with Gasteiger partial charge in [-0.3, -0.25) is 23.9 Å². The molecule has 0 saturated carbocycles. The molecule has 2 aromatic carbocycles. The molecule has 388 valence electrons. The number of pyridine rings is 1. The van der Waals surface area contributed by atoms with Crippen LogP contribution in [0, 0.1) is 25.1 Å². The molecule has 21 heteroatoms. The number of nitrogens with one attached hydrogen (secondary N) is 2. The number of hydrogen-bond donors (Lipinski definition) is 4. The van der Waals surface area contributed by atoms with E-state index in [2.05, 4.69) is 40.4 Å². The van der Waals surface area contributed by atoms with Gasteiger partial charge >= 0.3 is 0 Å². The smallest absolute Gasteiger partial charge is 0.246 e. The van der Waals surface area contributed by atoms with Crippen molar-refractivity contribution in [1.29, 1.82) is 0 Å². The van der Waals surface area contributed by atoms with E-state index < -0.39 is 29.5 Å². The van der Waals surface area contributed by atoms with E-state index in [1.54, 1.807) is 17.4 Å². The SMILES string of the molecule is Cc1ncsc1-c1ccc(CNC(=O)[C@@H]2C[C@@H](O)CN2C(=O)[C@@H](NC(=O)CCOCCOCCOCCN2CCN(c3ccc(-n4c(C)nc5ccc(-c6cc(N)ncn6)nc54)cc3F)CC2)C(C)(C)C)cc1. The predicted octanol–water partition coefficient (Wildman–Crippen LogP) is 4.71. The number of likely N-dealkylation sites (tertiary alicyclic amines) is 1. The van der Waals surface area contributed by atoms with Crippen molar-refractivity contribution in [2.24, 2.45) is 5.41 Å². The molecule has 73 heavy (non-hydrogen) atoms. The van der Waals surface area contributed by atoms with Gasteiger partial charge in [0.2, 0.25) is 17.7 Å². The minimum atomic E-state index is -0.932. The maximum absolute atomic E-state index is 15.8. The number of thiazole rings is 1. The number of ether oxygens (including phenoxy) is 3. The van der Waals surface area contributed by atoms with Gasteiger partial charge in [0.25, 0.3) is 0 Å². The van der Waals surface area contributed by atoms with E-state index in [0.717, 1.165) is 41.3 Å². The molecule has 19 nitrogen and oxygen atoms in total. The van der Waals surface area contributed by atoms with Crippen LogP contribution < -0.4 is 21.3 Å². The fourth-order valence-corrected chi connectivity index (χ4v) is 9.86. The van der Waals surface area contributed by atoms with Gasteiger partial charge in [-0.25, -0.2) is 29.3 Å². The molecule has 0 unspecified atom stereocenters. The molecule has 2 aliphatic rings. The Balaban J connectivity index is 0.688. The van der Waals surface area contributed by atoms with Crippen molar-refractivity contribution in [3.63, 3.8) is 0 Å². The molecule has 2 fully saturated rings. The van der Waals surface area contributed by atoms with Gasteiger partial charge in [0, 0.05) is 70.8 Å². The number of nitrogen functional groups attached to an aromatic ring is 1. The van der Waals surface area contributed by atoms with Crippen LogP contribution in [0.15, 0.2) is 72.5 Å². The Hall–Kier alpha value is -6.49. The van der Waals surface area contributed by atoms with Crippen LogP contribution in [0.3, 0.4) is 0 Å². The lowest BCUT2D eigenvalue weighted by molar-refractivity contribution is -0.144. The number of aromatic nitrogens is 6. The van der Waals surface area contributed by atoms with E-state index in [1.165, 1.54) is 17.3 Å². The molecule has 6 heterocycles. The molecule has 5 N–H and O–H groups in total. The normalized spacial score (nSPS) is 16.8. The first-order chi connectivity index (χ1) is 35.1. The average molecular weight is 1020 g/mol. The highest BCUT2D eigenvalue weighted by molar-refractivity contribution is 7.13. The van der Waals surface area contributed by atoms with E-state index in [4.69, 9.17) is 24.9 Å². The Morgan fingerprint density at radius 3 is 2.29 bits per heavy atom. The monoisotopic (exact) mass is 1020 g/mol. The van der Waals surface area contributed by atoms with Gasteiger partial charge in [-0.1, -0.05) is 45.0 Å². The first-order valence-electron chi connectivity index (χ1n) is 24.6. The molecule has 4 aromatic heterocycles. The van der Waals surface area contributed by atoms with E-state index in [9.17, 15) is 19.5 Å². The molecule has 0 aliphatic carbocycles. The van der Waals surface area contributed by atoms with Crippen molar-refractivity contribution >= 4 is 51.7 Å². The molecule has 0 spiro atoms. The van der Waals surface area contributed by atoms with Crippen LogP contribution in [0.2, 0.25) is 0 Å². The minimum absolute atomic E-state index is 0.00716. The summed E-state index contributed by atoms with van der Waals surface area (Å²) in [5.74, 6) is -0.447. The number of piperazine rings is 1. The number of fused-ring (bicyclic) bond motifs is 1. The second kappa shape index (κ2) is 24.0. The molecule has 0 radical (unpaired) electrons. The summed E-state index contributed by atoms with van der Waals surface area (Å²) in [6, 6.07) is 16.7. The second-order valence-electron chi connectivity index (χ2n) is 19.4. The Morgan fingerprint density at radius 2 is 1.60 bits per heavy atom. The molecule has 3 atom stereocenters. The lowest BCUT2D eigenvalue weighted by Crippen LogP contribution is -2.57. The van der Waals surface area contributed by atoms with Gasteiger partial charge in [-0.15, -0.1) is 11.3 Å². The molecule has 3 amide bonds. The van der Waals surface area contributed by atoms with Crippen molar-refractivity contribution in [1.82, 2.24) is 49.9 Å². The number of anilines is 2. The number of nitrogens with two attached hydrogens (primary N) is 1. The van der Waals surface area contributed by atoms with Crippen LogP contribution >= 0.6 is 11.3 Å². The van der Waals surface area contributed by atoms with Gasteiger partial charge < -0.3 is 45.5 Å². The lowest BCUT2D eigenvalue weighted by Gasteiger charge is -2.36. The summed E-state index contributed by atoms with van der Waals surface area (Å²) in [6.07, 6.45) is 0.657. The standard InChI is InChI=1S/C52H65FN12O7S/c1-33-47(73-32-58-33)36-8-6-35(7-9-36)29-55-50(68)44-27-38(66)30-64(44)51(69)48(52(3,4)5)61-46(67)14-20-70-22-24-72-25-23-71-21-19-62-15-17-63(18-16-62)43-13-10-37(26-39(43)53)65-34(2)59-41-12-11-40(60-49(41)65)42-28-45(54)57-31-56-42/h6-13,26,28,31-32,38,44,48,66H,14-25,27,29-30H2,1-5H3,(H,55,68)(H,61,67)(H2,54,56,57)/t38-,44+,48-/m1/s1. The van der Waals surface area contributed by atoms with E-state index >= 15 is 4.39 Å². The number of rotatable bonds is 21. The van der Waals surface area contributed by atoms with Crippen molar-refractivity contribution in [3.05, 3.63) is 95.4 Å². The average Bonchev–Trinajstić information content (AvgIpc) is 4.09. The number of carbonyl (C=O) groups excluding carboxylic acids is 3. The number of hydrogen-bond acceptors (Lipinski definition) is 16. The molecule has 2 aliphatic heterocycles. The van der Waals surface area contributed by atoms with Crippen molar-refractivity contribution in [2.45, 2.75) is 72.2 Å². The highest BCUT2D eigenvalue weighted by Gasteiger charge is 2.44. The van der Waals surface area contributed by atoms with Gasteiger partial charge in [0.1, 0.15) is 41.4 Å². The Morgan fingerprint density at radius 1 is 0.877 bits per heavy atom. The van der Waals surface area contributed by atoms with Crippen LogP contribution in [0.4, 0.5) is 15.9 Å². The molecule has 0 bridgehead atoms. The summed E-state index contributed by atoms with van der Waals surface area (Å²) < 4.78 is 34.7. The molecule has 8 rings (SSSR count). The number of aliphatic hydroxyl groups excluding tert-OH is 1. The number of halogens is 1. The first-order valence-corrected chi connectivity index (χ1v) is 25.5. The predicted molar refractivity (Wildman–Crippen MR) is 276 cm³/mol. The Kier molecular flexibility index (Phi) is 17.4. The van der Waals surface area contributed by atoms with E-state index in [0.29, 0.717) is 85.1 Å². The number of amides is 3. The third kappa shape index (κ3) is 13.4. The molecule has 2 saturated heterocycles. The van der Waals surface area contributed by atoms with Gasteiger partial charge in [-0.05, 0) is 54.7 Å². The lowest BCUT2D eigenvalue weighted by atomic mass is 9.85.